The second-order valence-electron chi connectivity index (χ2n) is 5.80. The molecule has 0 aliphatic rings. The van der Waals surface area contributed by atoms with Crippen molar-refractivity contribution in [3.05, 3.63) is 86.7 Å². The van der Waals surface area contributed by atoms with Gasteiger partial charge in [0.15, 0.2) is 0 Å². The lowest BCUT2D eigenvalue weighted by molar-refractivity contribution is 0.472. The van der Waals surface area contributed by atoms with Gasteiger partial charge in [0, 0.05) is 27.0 Å². The Labute approximate surface area is 164 Å². The molecule has 0 amide bonds. The second kappa shape index (κ2) is 7.16. The molecule has 0 bridgehead atoms. The number of phenols is 1. The highest BCUT2D eigenvalue weighted by atomic mass is 35.5. The Hall–Kier alpha value is -2.27. The number of anilines is 1. The molecule has 1 unspecified atom stereocenters. The Morgan fingerprint density at radius 1 is 1.04 bits per heavy atom. The zero-order chi connectivity index (χ0) is 18.1. The van der Waals surface area contributed by atoms with E-state index >= 15 is 0 Å². The van der Waals surface area contributed by atoms with E-state index in [4.69, 9.17) is 23.2 Å². The molecule has 4 rings (SSSR count). The van der Waals surface area contributed by atoms with Crippen LogP contribution >= 0.6 is 34.5 Å². The zero-order valence-electron chi connectivity index (χ0n) is 13.5. The summed E-state index contributed by atoms with van der Waals surface area (Å²) in [7, 11) is 0. The van der Waals surface area contributed by atoms with Crippen LogP contribution in [-0.2, 0) is 0 Å². The molecule has 0 aliphatic carbocycles. The molecule has 4 aromatic rings. The van der Waals surface area contributed by atoms with E-state index in [0.29, 0.717) is 15.6 Å². The minimum absolute atomic E-state index is 0.166. The van der Waals surface area contributed by atoms with Crippen molar-refractivity contribution in [2.24, 2.45) is 0 Å². The topological polar surface area (TPSA) is 45.1 Å². The minimum atomic E-state index is -0.264. The molecular weight excluding hydrogens is 387 g/mol. The summed E-state index contributed by atoms with van der Waals surface area (Å²) in [5.74, 6) is 0.166. The van der Waals surface area contributed by atoms with E-state index in [1.54, 1.807) is 29.7 Å². The molecule has 1 atom stereocenters. The molecule has 0 spiro atoms. The molecule has 0 radical (unpaired) electrons. The second-order valence-corrected chi connectivity index (χ2v) is 7.62. The summed E-state index contributed by atoms with van der Waals surface area (Å²) < 4.78 is 0. The van der Waals surface area contributed by atoms with Crippen LogP contribution in [0.15, 0.2) is 66.2 Å². The van der Waals surface area contributed by atoms with E-state index in [1.165, 1.54) is 0 Å². The van der Waals surface area contributed by atoms with Crippen LogP contribution in [0.4, 0.5) is 5.69 Å². The number of hydrogen-bond donors (Lipinski definition) is 2. The molecule has 0 saturated carbocycles. The Morgan fingerprint density at radius 3 is 2.69 bits per heavy atom. The SMILES string of the molecule is Oc1c(C(Nc2ccc(Cl)cc2Cl)c2cccs2)ccc2cccnc12. The maximum Gasteiger partial charge on any atom is 0.147 e. The van der Waals surface area contributed by atoms with Crippen LogP contribution in [0.1, 0.15) is 16.5 Å². The van der Waals surface area contributed by atoms with Gasteiger partial charge in [0.25, 0.3) is 0 Å². The predicted molar refractivity (Wildman–Crippen MR) is 110 cm³/mol. The number of phenolic OH excluding ortho intramolecular Hbond substituents is 1. The van der Waals surface area contributed by atoms with E-state index in [0.717, 1.165) is 21.5 Å². The average molecular weight is 401 g/mol. The lowest BCUT2D eigenvalue weighted by atomic mass is 10.0. The van der Waals surface area contributed by atoms with Gasteiger partial charge < -0.3 is 10.4 Å². The van der Waals surface area contributed by atoms with Gasteiger partial charge in [0.05, 0.1) is 16.8 Å². The summed E-state index contributed by atoms with van der Waals surface area (Å²) in [6.07, 6.45) is 1.68. The van der Waals surface area contributed by atoms with Crippen LogP contribution in [0.5, 0.6) is 5.75 Å². The first-order chi connectivity index (χ1) is 12.6. The van der Waals surface area contributed by atoms with Gasteiger partial charge in [-0.15, -0.1) is 11.3 Å². The van der Waals surface area contributed by atoms with E-state index in [-0.39, 0.29) is 11.8 Å². The van der Waals surface area contributed by atoms with Crippen molar-refractivity contribution in [1.29, 1.82) is 0 Å². The molecule has 6 heteroatoms. The van der Waals surface area contributed by atoms with Crippen molar-refractivity contribution < 1.29 is 5.11 Å². The standard InChI is InChI=1S/C20H14Cl2N2OS/c21-13-6-8-16(15(22)11-13)24-19(17-4-2-10-26-17)14-7-5-12-3-1-9-23-18(12)20(14)25/h1-11,19,24-25H. The van der Waals surface area contributed by atoms with Gasteiger partial charge in [-0.05, 0) is 35.7 Å². The third-order valence-electron chi connectivity index (χ3n) is 4.15. The number of aromatic nitrogens is 1. The maximum atomic E-state index is 10.9. The van der Waals surface area contributed by atoms with Crippen LogP contribution in [0.2, 0.25) is 10.0 Å². The number of rotatable bonds is 4. The summed E-state index contributed by atoms with van der Waals surface area (Å²) in [5.41, 5.74) is 2.07. The number of halogens is 2. The zero-order valence-corrected chi connectivity index (χ0v) is 15.8. The number of nitrogens with zero attached hydrogens (tertiary/aromatic N) is 1. The minimum Gasteiger partial charge on any atom is -0.505 e. The summed E-state index contributed by atoms with van der Waals surface area (Å²) in [6, 6.07) is 16.7. The summed E-state index contributed by atoms with van der Waals surface area (Å²) in [6.45, 7) is 0. The third-order valence-corrected chi connectivity index (χ3v) is 5.63. The van der Waals surface area contributed by atoms with Gasteiger partial charge in [0.2, 0.25) is 0 Å². The molecule has 0 fully saturated rings. The molecule has 3 nitrogen and oxygen atoms in total. The number of fused-ring (bicyclic) bond motifs is 1. The smallest absolute Gasteiger partial charge is 0.147 e. The molecule has 2 N–H and O–H groups in total. The lowest BCUT2D eigenvalue weighted by Crippen LogP contribution is -2.12. The summed E-state index contributed by atoms with van der Waals surface area (Å²) in [5, 5.41) is 18.3. The number of nitrogens with one attached hydrogen (secondary N) is 1. The highest BCUT2D eigenvalue weighted by Gasteiger charge is 2.21. The van der Waals surface area contributed by atoms with E-state index in [9.17, 15) is 5.11 Å². The van der Waals surface area contributed by atoms with Crippen molar-refractivity contribution in [1.82, 2.24) is 4.98 Å². The average Bonchev–Trinajstić information content (AvgIpc) is 3.17. The number of benzene rings is 2. The molecule has 26 heavy (non-hydrogen) atoms. The van der Waals surface area contributed by atoms with Crippen molar-refractivity contribution >= 4 is 51.1 Å². The fourth-order valence-corrected chi connectivity index (χ4v) is 4.15. The van der Waals surface area contributed by atoms with E-state index < -0.39 is 0 Å². The fraction of sp³-hybridized carbons (Fsp3) is 0.0500. The summed E-state index contributed by atoms with van der Waals surface area (Å²) in [4.78, 5) is 5.38. The Kier molecular flexibility index (Phi) is 4.72. The van der Waals surface area contributed by atoms with Crippen molar-refractivity contribution in [2.45, 2.75) is 6.04 Å². The fourth-order valence-electron chi connectivity index (χ4n) is 2.90. The molecule has 130 valence electrons. The molecular formula is C20H14Cl2N2OS. The van der Waals surface area contributed by atoms with Crippen molar-refractivity contribution in [2.75, 3.05) is 5.32 Å². The highest BCUT2D eigenvalue weighted by Crippen LogP contribution is 2.39. The van der Waals surface area contributed by atoms with Crippen LogP contribution in [0.25, 0.3) is 10.9 Å². The lowest BCUT2D eigenvalue weighted by Gasteiger charge is -2.21. The monoisotopic (exact) mass is 400 g/mol. The van der Waals surface area contributed by atoms with Crippen LogP contribution in [-0.4, -0.2) is 10.1 Å². The van der Waals surface area contributed by atoms with Gasteiger partial charge in [-0.1, -0.05) is 47.5 Å². The van der Waals surface area contributed by atoms with Crippen LogP contribution in [0, 0.1) is 0 Å². The molecule has 2 aromatic heterocycles. The first-order valence-corrected chi connectivity index (χ1v) is 9.58. The first-order valence-electron chi connectivity index (χ1n) is 7.95. The van der Waals surface area contributed by atoms with E-state index in [1.807, 2.05) is 47.8 Å². The van der Waals surface area contributed by atoms with E-state index in [2.05, 4.69) is 10.3 Å². The highest BCUT2D eigenvalue weighted by molar-refractivity contribution is 7.10. The van der Waals surface area contributed by atoms with Gasteiger partial charge in [-0.3, -0.25) is 4.98 Å². The predicted octanol–water partition coefficient (Wildman–Crippen LogP) is 6.51. The largest absolute Gasteiger partial charge is 0.505 e. The Bertz CT molecular complexity index is 1070. The Balaban J connectivity index is 1.83. The van der Waals surface area contributed by atoms with Gasteiger partial charge >= 0.3 is 0 Å². The molecule has 0 aliphatic heterocycles. The quantitative estimate of drug-likeness (QED) is 0.410. The van der Waals surface area contributed by atoms with Crippen LogP contribution in [0.3, 0.4) is 0 Å². The number of thiophene rings is 1. The number of pyridine rings is 1. The number of aromatic hydroxyl groups is 1. The Morgan fingerprint density at radius 2 is 1.92 bits per heavy atom. The van der Waals surface area contributed by atoms with Crippen molar-refractivity contribution in [3.63, 3.8) is 0 Å². The summed E-state index contributed by atoms with van der Waals surface area (Å²) >= 11 is 13.9. The number of hydrogen-bond acceptors (Lipinski definition) is 4. The molecule has 0 saturated heterocycles. The molecule has 2 aromatic carbocycles. The first kappa shape index (κ1) is 17.2. The van der Waals surface area contributed by atoms with Gasteiger partial charge in [-0.2, -0.15) is 0 Å². The van der Waals surface area contributed by atoms with Gasteiger partial charge in [0.1, 0.15) is 11.3 Å². The van der Waals surface area contributed by atoms with Gasteiger partial charge in [-0.25, -0.2) is 0 Å². The normalized spacial score (nSPS) is 12.2. The maximum absolute atomic E-state index is 10.9. The third kappa shape index (κ3) is 3.23. The van der Waals surface area contributed by atoms with Crippen molar-refractivity contribution in [3.8, 4) is 5.75 Å². The molecule has 2 heterocycles. The van der Waals surface area contributed by atoms with Crippen LogP contribution < -0.4 is 5.32 Å².